The van der Waals surface area contributed by atoms with Crippen LogP contribution in [0.25, 0.3) is 11.3 Å². The van der Waals surface area contributed by atoms with Crippen molar-refractivity contribution in [1.82, 2.24) is 10.2 Å². The summed E-state index contributed by atoms with van der Waals surface area (Å²) >= 11 is 3.41. The van der Waals surface area contributed by atoms with Crippen molar-refractivity contribution in [3.63, 3.8) is 0 Å². The molecule has 2 aromatic rings. The first-order valence-corrected chi connectivity index (χ1v) is 7.02. The summed E-state index contributed by atoms with van der Waals surface area (Å²) in [5.74, 6) is 1.20. The molecule has 5 heteroatoms. The first-order chi connectivity index (χ1) is 9.19. The zero-order chi connectivity index (χ0) is 13.7. The summed E-state index contributed by atoms with van der Waals surface area (Å²) in [5, 5.41) is 11.6. The standard InChI is InChI=1S/C14H17BrN4/c1-10(8-16)9-17-14-7-6-13(18-19-14)11-2-4-12(15)5-3-11/h2-7,10H,8-9,16H2,1H3,(H,17,19). The number of hydrogen-bond acceptors (Lipinski definition) is 4. The molecule has 0 saturated heterocycles. The van der Waals surface area contributed by atoms with E-state index < -0.39 is 0 Å². The Morgan fingerprint density at radius 1 is 1.16 bits per heavy atom. The molecule has 3 N–H and O–H groups in total. The van der Waals surface area contributed by atoms with Crippen LogP contribution in [0.15, 0.2) is 40.9 Å². The van der Waals surface area contributed by atoms with Crippen LogP contribution >= 0.6 is 15.9 Å². The van der Waals surface area contributed by atoms with Crippen molar-refractivity contribution in [2.75, 3.05) is 18.4 Å². The molecule has 0 saturated carbocycles. The highest BCUT2D eigenvalue weighted by Gasteiger charge is 2.02. The third-order valence-corrected chi connectivity index (χ3v) is 3.37. The molecule has 0 bridgehead atoms. The number of aromatic nitrogens is 2. The summed E-state index contributed by atoms with van der Waals surface area (Å²) in [4.78, 5) is 0. The first kappa shape index (κ1) is 14.0. The van der Waals surface area contributed by atoms with E-state index in [4.69, 9.17) is 5.73 Å². The molecule has 1 aromatic carbocycles. The molecule has 0 amide bonds. The second-order valence-electron chi connectivity index (χ2n) is 4.53. The molecular formula is C14H17BrN4. The van der Waals surface area contributed by atoms with Crippen LogP contribution in [0.4, 0.5) is 5.82 Å². The number of rotatable bonds is 5. The monoisotopic (exact) mass is 320 g/mol. The number of halogens is 1. The van der Waals surface area contributed by atoms with Crippen molar-refractivity contribution in [1.29, 1.82) is 0 Å². The minimum atomic E-state index is 0.424. The number of nitrogens with two attached hydrogens (primary N) is 1. The van der Waals surface area contributed by atoms with Gasteiger partial charge in [-0.3, -0.25) is 0 Å². The van der Waals surface area contributed by atoms with Crippen LogP contribution in [0.2, 0.25) is 0 Å². The van der Waals surface area contributed by atoms with E-state index in [9.17, 15) is 0 Å². The summed E-state index contributed by atoms with van der Waals surface area (Å²) < 4.78 is 1.05. The van der Waals surface area contributed by atoms with E-state index in [1.165, 1.54) is 0 Å². The highest BCUT2D eigenvalue weighted by molar-refractivity contribution is 9.10. The third-order valence-electron chi connectivity index (χ3n) is 2.84. The van der Waals surface area contributed by atoms with Crippen molar-refractivity contribution >= 4 is 21.7 Å². The van der Waals surface area contributed by atoms with Gasteiger partial charge in [-0.2, -0.15) is 0 Å². The quantitative estimate of drug-likeness (QED) is 0.889. The van der Waals surface area contributed by atoms with Gasteiger partial charge >= 0.3 is 0 Å². The molecular weight excluding hydrogens is 304 g/mol. The number of hydrogen-bond donors (Lipinski definition) is 2. The number of nitrogens with one attached hydrogen (secondary N) is 1. The number of nitrogens with zero attached hydrogens (tertiary/aromatic N) is 2. The van der Waals surface area contributed by atoms with E-state index in [1.54, 1.807) is 0 Å². The Hall–Kier alpha value is -1.46. The van der Waals surface area contributed by atoms with Gasteiger partial charge < -0.3 is 11.1 Å². The Morgan fingerprint density at radius 2 is 1.89 bits per heavy atom. The summed E-state index contributed by atoms with van der Waals surface area (Å²) in [7, 11) is 0. The molecule has 1 aromatic heterocycles. The van der Waals surface area contributed by atoms with Crippen LogP contribution in [-0.2, 0) is 0 Å². The van der Waals surface area contributed by atoms with Gasteiger partial charge in [0.1, 0.15) is 5.82 Å². The van der Waals surface area contributed by atoms with Crippen LogP contribution in [0.1, 0.15) is 6.92 Å². The normalized spacial score (nSPS) is 12.2. The van der Waals surface area contributed by atoms with Gasteiger partial charge in [-0.05, 0) is 36.7 Å². The molecule has 1 heterocycles. The lowest BCUT2D eigenvalue weighted by atomic mass is 10.1. The molecule has 0 aliphatic carbocycles. The molecule has 2 rings (SSSR count). The lowest BCUT2D eigenvalue weighted by Gasteiger charge is -2.10. The topological polar surface area (TPSA) is 63.8 Å². The Morgan fingerprint density at radius 3 is 2.47 bits per heavy atom. The van der Waals surface area contributed by atoms with Crippen LogP contribution in [0, 0.1) is 5.92 Å². The predicted octanol–water partition coefficient (Wildman–Crippen LogP) is 2.91. The molecule has 19 heavy (non-hydrogen) atoms. The lowest BCUT2D eigenvalue weighted by Crippen LogP contribution is -2.20. The van der Waals surface area contributed by atoms with Gasteiger partial charge in [0.15, 0.2) is 0 Å². The van der Waals surface area contributed by atoms with E-state index in [-0.39, 0.29) is 0 Å². The molecule has 0 aliphatic rings. The highest BCUT2D eigenvalue weighted by Crippen LogP contribution is 2.19. The van der Waals surface area contributed by atoms with Gasteiger partial charge in [-0.25, -0.2) is 0 Å². The van der Waals surface area contributed by atoms with Crippen molar-refractivity contribution in [2.45, 2.75) is 6.92 Å². The first-order valence-electron chi connectivity index (χ1n) is 6.22. The van der Waals surface area contributed by atoms with Gasteiger partial charge in [0.05, 0.1) is 5.69 Å². The maximum absolute atomic E-state index is 5.57. The Balaban J connectivity index is 2.04. The van der Waals surface area contributed by atoms with Crippen molar-refractivity contribution < 1.29 is 0 Å². The zero-order valence-electron chi connectivity index (χ0n) is 10.8. The molecule has 4 nitrogen and oxygen atoms in total. The van der Waals surface area contributed by atoms with Crippen molar-refractivity contribution in [2.24, 2.45) is 11.7 Å². The molecule has 1 unspecified atom stereocenters. The molecule has 0 aliphatic heterocycles. The molecule has 0 fully saturated rings. The zero-order valence-corrected chi connectivity index (χ0v) is 12.4. The van der Waals surface area contributed by atoms with Crippen molar-refractivity contribution in [3.05, 3.63) is 40.9 Å². The molecule has 1 atom stereocenters. The van der Waals surface area contributed by atoms with Gasteiger partial charge in [0.2, 0.25) is 0 Å². The van der Waals surface area contributed by atoms with Crippen LogP contribution in [-0.4, -0.2) is 23.3 Å². The van der Waals surface area contributed by atoms with Gasteiger partial charge in [0, 0.05) is 16.6 Å². The lowest BCUT2D eigenvalue weighted by molar-refractivity contribution is 0.626. The van der Waals surface area contributed by atoms with E-state index >= 15 is 0 Å². The Bertz CT molecular complexity index is 510. The van der Waals surface area contributed by atoms with E-state index in [0.29, 0.717) is 12.5 Å². The van der Waals surface area contributed by atoms with Crippen LogP contribution in [0.5, 0.6) is 0 Å². The maximum Gasteiger partial charge on any atom is 0.148 e. The minimum Gasteiger partial charge on any atom is -0.368 e. The summed E-state index contributed by atoms with van der Waals surface area (Å²) in [6, 6.07) is 11.9. The van der Waals surface area contributed by atoms with Gasteiger partial charge in [0.25, 0.3) is 0 Å². The van der Waals surface area contributed by atoms with Crippen molar-refractivity contribution in [3.8, 4) is 11.3 Å². The SMILES string of the molecule is CC(CN)CNc1ccc(-c2ccc(Br)cc2)nn1. The molecule has 100 valence electrons. The average Bonchev–Trinajstić information content (AvgIpc) is 2.46. The van der Waals surface area contributed by atoms with E-state index in [1.807, 2.05) is 36.4 Å². The fourth-order valence-corrected chi connectivity index (χ4v) is 1.83. The fourth-order valence-electron chi connectivity index (χ4n) is 1.56. The van der Waals surface area contributed by atoms with E-state index in [0.717, 1.165) is 28.1 Å². The summed E-state index contributed by atoms with van der Waals surface area (Å²) in [5.41, 5.74) is 7.49. The smallest absolute Gasteiger partial charge is 0.148 e. The maximum atomic E-state index is 5.57. The highest BCUT2D eigenvalue weighted by atomic mass is 79.9. The second kappa shape index (κ2) is 6.63. The minimum absolute atomic E-state index is 0.424. The van der Waals surface area contributed by atoms with E-state index in [2.05, 4.69) is 38.4 Å². The third kappa shape index (κ3) is 4.01. The van der Waals surface area contributed by atoms with Gasteiger partial charge in [-0.1, -0.05) is 35.0 Å². The second-order valence-corrected chi connectivity index (χ2v) is 5.45. The van der Waals surface area contributed by atoms with Gasteiger partial charge in [-0.15, -0.1) is 10.2 Å². The Labute approximate surface area is 121 Å². The summed E-state index contributed by atoms with van der Waals surface area (Å²) in [6.45, 7) is 3.57. The Kier molecular flexibility index (Phi) is 4.87. The molecule has 0 spiro atoms. The van der Waals surface area contributed by atoms with Crippen LogP contribution in [0.3, 0.4) is 0 Å². The summed E-state index contributed by atoms with van der Waals surface area (Å²) in [6.07, 6.45) is 0. The molecule has 0 radical (unpaired) electrons. The largest absolute Gasteiger partial charge is 0.368 e. The number of benzene rings is 1. The van der Waals surface area contributed by atoms with Crippen LogP contribution < -0.4 is 11.1 Å². The number of anilines is 1. The predicted molar refractivity (Wildman–Crippen MR) is 81.9 cm³/mol. The fraction of sp³-hybridized carbons (Fsp3) is 0.286. The average molecular weight is 321 g/mol.